The highest BCUT2D eigenvalue weighted by Gasteiger charge is 2.51. The third-order valence-electron chi connectivity index (χ3n) is 5.98. The number of benzene rings is 1. The van der Waals surface area contributed by atoms with Crippen LogP contribution in [0.3, 0.4) is 0 Å². The molecule has 2 amide bonds. The number of amides is 2. The molecule has 2 aliphatic heterocycles. The number of carbonyl (C=O) groups excluding carboxylic acids is 5. The zero-order valence-electron chi connectivity index (χ0n) is 21.5. The largest absolute Gasteiger partial charge is 0.463 e. The van der Waals surface area contributed by atoms with Gasteiger partial charge in [0.25, 0.3) is 0 Å². The van der Waals surface area contributed by atoms with Crippen molar-refractivity contribution >= 4 is 51.3 Å². The van der Waals surface area contributed by atoms with Crippen LogP contribution in [-0.2, 0) is 47.7 Å². The molecule has 0 radical (unpaired) electrons. The molecule has 0 aliphatic carbocycles. The predicted octanol–water partition coefficient (Wildman–Crippen LogP) is 1.94. The molecule has 2 N–H and O–H groups in total. The van der Waals surface area contributed by atoms with Crippen molar-refractivity contribution in [2.75, 3.05) is 18.5 Å². The fraction of sp³-hybridized carbons (Fsp3) is 0.560. The third kappa shape index (κ3) is 7.98. The van der Waals surface area contributed by atoms with E-state index in [9.17, 15) is 24.0 Å². The molecule has 0 bridgehead atoms. The van der Waals surface area contributed by atoms with Crippen molar-refractivity contribution in [3.63, 3.8) is 0 Å². The van der Waals surface area contributed by atoms with E-state index in [0.29, 0.717) is 12.1 Å². The van der Waals surface area contributed by atoms with Crippen LogP contribution in [0.4, 0.5) is 5.69 Å². The minimum Gasteiger partial charge on any atom is -0.463 e. The lowest BCUT2D eigenvalue weighted by atomic mass is 9.94. The molecule has 12 nitrogen and oxygen atoms in total. The van der Waals surface area contributed by atoms with Gasteiger partial charge in [0.15, 0.2) is 18.5 Å². The van der Waals surface area contributed by atoms with E-state index < -0.39 is 54.5 Å². The van der Waals surface area contributed by atoms with Crippen LogP contribution in [0.1, 0.15) is 52.0 Å². The summed E-state index contributed by atoms with van der Waals surface area (Å²) in [5.41, 5.74) is 1.51. The van der Waals surface area contributed by atoms with E-state index in [1.165, 1.54) is 27.7 Å². The van der Waals surface area contributed by atoms with Crippen LogP contribution in [0.2, 0.25) is 0 Å². The molecule has 0 spiro atoms. The lowest BCUT2D eigenvalue weighted by Gasteiger charge is -2.45. The second-order valence-electron chi connectivity index (χ2n) is 9.07. The van der Waals surface area contributed by atoms with Gasteiger partial charge < -0.3 is 34.3 Å². The lowest BCUT2D eigenvalue weighted by Crippen LogP contribution is -2.66. The molecule has 38 heavy (non-hydrogen) atoms. The van der Waals surface area contributed by atoms with E-state index in [1.807, 2.05) is 12.1 Å². The minimum absolute atomic E-state index is 0.0739. The van der Waals surface area contributed by atoms with Gasteiger partial charge in [-0.3, -0.25) is 24.0 Å². The number of hydrogen-bond donors (Lipinski definition) is 2. The quantitative estimate of drug-likeness (QED) is 0.335. The lowest BCUT2D eigenvalue weighted by molar-refractivity contribution is -0.278. The van der Waals surface area contributed by atoms with E-state index in [0.717, 1.165) is 10.0 Å². The van der Waals surface area contributed by atoms with Crippen molar-refractivity contribution in [2.45, 2.75) is 77.1 Å². The van der Waals surface area contributed by atoms with E-state index >= 15 is 0 Å². The summed E-state index contributed by atoms with van der Waals surface area (Å²) in [5.74, 6) is -2.81. The van der Waals surface area contributed by atoms with Crippen LogP contribution in [-0.4, -0.2) is 73.6 Å². The Morgan fingerprint density at radius 1 is 1.03 bits per heavy atom. The van der Waals surface area contributed by atoms with Gasteiger partial charge in [0, 0.05) is 50.2 Å². The van der Waals surface area contributed by atoms with Gasteiger partial charge in [-0.05, 0) is 30.2 Å². The van der Waals surface area contributed by atoms with Gasteiger partial charge in [-0.25, -0.2) is 0 Å². The molecule has 1 unspecified atom stereocenters. The van der Waals surface area contributed by atoms with Crippen LogP contribution in [0.5, 0.6) is 0 Å². The maximum Gasteiger partial charge on any atom is 0.303 e. The number of anilines is 1. The minimum atomic E-state index is -1.21. The van der Waals surface area contributed by atoms with Gasteiger partial charge >= 0.3 is 17.9 Å². The first-order chi connectivity index (χ1) is 17.9. The molecule has 2 aliphatic rings. The van der Waals surface area contributed by atoms with Crippen molar-refractivity contribution in [1.82, 2.24) is 5.32 Å². The molecule has 2 heterocycles. The van der Waals surface area contributed by atoms with Gasteiger partial charge in [-0.2, -0.15) is 0 Å². The van der Waals surface area contributed by atoms with Crippen LogP contribution in [0, 0.1) is 0 Å². The second kappa shape index (κ2) is 13.2. The van der Waals surface area contributed by atoms with E-state index in [1.54, 1.807) is 6.07 Å². The molecule has 0 aromatic heterocycles. The number of halogens is 1. The van der Waals surface area contributed by atoms with Gasteiger partial charge in [0.2, 0.25) is 11.8 Å². The summed E-state index contributed by atoms with van der Waals surface area (Å²) < 4.78 is 29.0. The third-order valence-corrected chi connectivity index (χ3v) is 6.47. The van der Waals surface area contributed by atoms with Crippen LogP contribution >= 0.6 is 15.9 Å². The summed E-state index contributed by atoms with van der Waals surface area (Å²) in [6.07, 6.45) is -3.92. The molecule has 1 aromatic rings. The number of esters is 3. The Bertz CT molecular complexity index is 1080. The summed E-state index contributed by atoms with van der Waals surface area (Å²) in [6, 6.07) is 4.44. The number of rotatable bonds is 8. The van der Waals surface area contributed by atoms with Crippen molar-refractivity contribution in [2.24, 2.45) is 0 Å². The van der Waals surface area contributed by atoms with Crippen molar-refractivity contribution in [1.29, 1.82) is 0 Å². The predicted molar refractivity (Wildman–Crippen MR) is 135 cm³/mol. The maximum absolute atomic E-state index is 12.2. The van der Waals surface area contributed by atoms with E-state index in [4.69, 9.17) is 23.7 Å². The van der Waals surface area contributed by atoms with Gasteiger partial charge in [-0.1, -0.05) is 15.9 Å². The monoisotopic (exact) mass is 598 g/mol. The summed E-state index contributed by atoms with van der Waals surface area (Å²) >= 11 is 3.46. The molecule has 1 fully saturated rings. The summed E-state index contributed by atoms with van der Waals surface area (Å²) in [7, 11) is 0. The average Bonchev–Trinajstić information content (AvgIpc) is 2.96. The zero-order chi connectivity index (χ0) is 28.0. The number of nitrogens with one attached hydrogen (secondary N) is 2. The Hall–Kier alpha value is -3.03. The molecule has 1 aromatic carbocycles. The average molecular weight is 599 g/mol. The second-order valence-corrected chi connectivity index (χ2v) is 9.98. The molecule has 0 saturated carbocycles. The molecule has 1 saturated heterocycles. The Labute approximate surface area is 228 Å². The summed E-state index contributed by atoms with van der Waals surface area (Å²) in [5, 5.41) is 5.55. The molecule has 13 heteroatoms. The fourth-order valence-corrected chi connectivity index (χ4v) is 4.85. The number of fused-ring (bicyclic) bond motifs is 1. The standard InChI is InChI=1S/C25H31BrN2O10/c1-12(29)27-22-24(37-15(4)32)23(36-14(3)31)20(11-34-13(2)30)38-25(22)35-10-16-5-8-21(33)28-19-7-6-17(26)9-18(16)19/h6-7,9,16,20,22-25H,5,8,10-11H2,1-4H3,(H,27,29)(H,28,33)/t16?,20-,22-,23-,24-,25+/m1/s1. The molecular weight excluding hydrogens is 568 g/mol. The zero-order valence-corrected chi connectivity index (χ0v) is 23.1. The topological polar surface area (TPSA) is 156 Å². The Kier molecular flexibility index (Phi) is 10.2. The van der Waals surface area contributed by atoms with Crippen LogP contribution in [0.15, 0.2) is 22.7 Å². The smallest absolute Gasteiger partial charge is 0.303 e. The van der Waals surface area contributed by atoms with E-state index in [2.05, 4.69) is 26.6 Å². The molecule has 3 rings (SSSR count). The summed E-state index contributed by atoms with van der Waals surface area (Å²) in [4.78, 5) is 59.7. The highest BCUT2D eigenvalue weighted by Crippen LogP contribution is 2.35. The summed E-state index contributed by atoms with van der Waals surface area (Å²) in [6.45, 7) is 4.56. The molecule has 6 atom stereocenters. The fourth-order valence-electron chi connectivity index (χ4n) is 4.48. The van der Waals surface area contributed by atoms with Gasteiger partial charge in [-0.15, -0.1) is 0 Å². The Balaban J connectivity index is 1.92. The van der Waals surface area contributed by atoms with Crippen molar-refractivity contribution < 1.29 is 47.7 Å². The number of ether oxygens (including phenoxy) is 5. The highest BCUT2D eigenvalue weighted by molar-refractivity contribution is 9.10. The SMILES string of the molecule is CC(=O)N[C@H]1[C@@H](OCC2CCC(=O)Nc3ccc(Br)cc32)O[C@H](COC(C)=O)[C@@H](OC(C)=O)[C@@H]1OC(C)=O. The van der Waals surface area contributed by atoms with Gasteiger partial charge in [0.05, 0.1) is 6.61 Å². The first-order valence-electron chi connectivity index (χ1n) is 12.1. The van der Waals surface area contributed by atoms with Crippen molar-refractivity contribution in [3.05, 3.63) is 28.2 Å². The number of carbonyl (C=O) groups is 5. The normalized spacial score (nSPS) is 26.7. The van der Waals surface area contributed by atoms with Crippen molar-refractivity contribution in [3.8, 4) is 0 Å². The van der Waals surface area contributed by atoms with Crippen LogP contribution in [0.25, 0.3) is 0 Å². The van der Waals surface area contributed by atoms with E-state index in [-0.39, 0.29) is 31.5 Å². The first-order valence-corrected chi connectivity index (χ1v) is 12.8. The number of hydrogen-bond acceptors (Lipinski definition) is 10. The first kappa shape index (κ1) is 29.5. The van der Waals surface area contributed by atoms with Gasteiger partial charge in [0.1, 0.15) is 18.8 Å². The Morgan fingerprint density at radius 3 is 2.34 bits per heavy atom. The highest BCUT2D eigenvalue weighted by atomic mass is 79.9. The molecular formula is C25H31BrN2O10. The maximum atomic E-state index is 12.2. The van der Waals surface area contributed by atoms with Crippen LogP contribution < -0.4 is 10.6 Å². The Morgan fingerprint density at radius 2 is 1.71 bits per heavy atom. The molecule has 208 valence electrons.